The summed E-state index contributed by atoms with van der Waals surface area (Å²) in [5, 5.41) is 2.99. The van der Waals surface area contributed by atoms with Gasteiger partial charge in [0.15, 0.2) is 0 Å². The Hall–Kier alpha value is 0.280. The van der Waals surface area contributed by atoms with Gasteiger partial charge in [0.25, 0.3) is 0 Å². The van der Waals surface area contributed by atoms with E-state index in [-0.39, 0.29) is 5.38 Å². The second-order valence-electron chi connectivity index (χ2n) is 4.42. The Kier molecular flexibility index (Phi) is 3.64. The van der Waals surface area contributed by atoms with E-state index in [1.807, 2.05) is 11.4 Å². The lowest BCUT2D eigenvalue weighted by Crippen LogP contribution is -2.21. The van der Waals surface area contributed by atoms with Crippen molar-refractivity contribution in [1.29, 1.82) is 0 Å². The van der Waals surface area contributed by atoms with Crippen molar-refractivity contribution in [1.82, 2.24) is 0 Å². The van der Waals surface area contributed by atoms with E-state index in [2.05, 4.69) is 6.92 Å². The standard InChI is InChI=1S/C12H16Cl2S/c1-2-12(6-3-4-7-12)11(14)10-9(13)5-8-15-10/h5,8,11H,2-4,6-7H2,1H3. The first-order chi connectivity index (χ1) is 7.19. The smallest absolute Gasteiger partial charge is 0.0749 e. The lowest BCUT2D eigenvalue weighted by molar-refractivity contribution is 0.273. The largest absolute Gasteiger partial charge is 0.146 e. The van der Waals surface area contributed by atoms with E-state index in [1.54, 1.807) is 11.3 Å². The van der Waals surface area contributed by atoms with Gasteiger partial charge in [0, 0.05) is 4.88 Å². The molecular weight excluding hydrogens is 247 g/mol. The van der Waals surface area contributed by atoms with Crippen molar-refractivity contribution >= 4 is 34.5 Å². The quantitative estimate of drug-likeness (QED) is 0.618. The van der Waals surface area contributed by atoms with Crippen molar-refractivity contribution in [3.63, 3.8) is 0 Å². The van der Waals surface area contributed by atoms with Crippen LogP contribution < -0.4 is 0 Å². The van der Waals surface area contributed by atoms with Crippen LogP contribution in [-0.2, 0) is 0 Å². The fourth-order valence-electron chi connectivity index (χ4n) is 2.63. The molecular formula is C12H16Cl2S. The predicted octanol–water partition coefficient (Wildman–Crippen LogP) is 5.65. The molecule has 0 aliphatic heterocycles. The molecule has 1 atom stereocenters. The van der Waals surface area contributed by atoms with Crippen molar-refractivity contribution in [2.45, 2.75) is 44.4 Å². The predicted molar refractivity (Wildman–Crippen MR) is 69.1 cm³/mol. The zero-order valence-corrected chi connectivity index (χ0v) is 11.3. The van der Waals surface area contributed by atoms with Gasteiger partial charge < -0.3 is 0 Å². The first-order valence-corrected chi connectivity index (χ1v) is 7.26. The van der Waals surface area contributed by atoms with Crippen LogP contribution in [0.3, 0.4) is 0 Å². The van der Waals surface area contributed by atoms with E-state index < -0.39 is 0 Å². The average Bonchev–Trinajstić information content (AvgIpc) is 2.86. The topological polar surface area (TPSA) is 0 Å². The Morgan fingerprint density at radius 2 is 2.13 bits per heavy atom. The monoisotopic (exact) mass is 262 g/mol. The molecule has 1 aromatic heterocycles. The van der Waals surface area contributed by atoms with Crippen molar-refractivity contribution < 1.29 is 0 Å². The summed E-state index contributed by atoms with van der Waals surface area (Å²) in [5.41, 5.74) is 0.302. The van der Waals surface area contributed by atoms with Gasteiger partial charge in [-0.05, 0) is 36.1 Å². The summed E-state index contributed by atoms with van der Waals surface area (Å²) in [6, 6.07) is 1.95. The lowest BCUT2D eigenvalue weighted by Gasteiger charge is -2.32. The van der Waals surface area contributed by atoms with Gasteiger partial charge in [0.1, 0.15) is 0 Å². The van der Waals surface area contributed by atoms with E-state index in [1.165, 1.54) is 30.6 Å². The van der Waals surface area contributed by atoms with Gasteiger partial charge in [-0.3, -0.25) is 0 Å². The number of alkyl halides is 1. The molecule has 0 saturated heterocycles. The van der Waals surface area contributed by atoms with Gasteiger partial charge in [-0.25, -0.2) is 0 Å². The number of halogens is 2. The number of hydrogen-bond acceptors (Lipinski definition) is 1. The molecule has 1 unspecified atom stereocenters. The second-order valence-corrected chi connectivity index (χ2v) is 6.21. The molecule has 1 aliphatic carbocycles. The van der Waals surface area contributed by atoms with Gasteiger partial charge >= 0.3 is 0 Å². The van der Waals surface area contributed by atoms with Gasteiger partial charge in [0.2, 0.25) is 0 Å². The molecule has 0 nitrogen and oxygen atoms in total. The first kappa shape index (κ1) is 11.8. The summed E-state index contributed by atoms with van der Waals surface area (Å²) >= 11 is 14.5. The third-order valence-electron chi connectivity index (χ3n) is 3.72. The van der Waals surface area contributed by atoms with E-state index in [0.29, 0.717) is 5.41 Å². The molecule has 0 radical (unpaired) electrons. The summed E-state index contributed by atoms with van der Waals surface area (Å²) in [7, 11) is 0. The minimum Gasteiger partial charge on any atom is -0.146 e. The molecule has 1 aliphatic rings. The van der Waals surface area contributed by atoms with Crippen molar-refractivity contribution in [2.24, 2.45) is 5.41 Å². The molecule has 0 amide bonds. The van der Waals surface area contributed by atoms with Gasteiger partial charge in [-0.2, -0.15) is 0 Å². The zero-order valence-electron chi connectivity index (χ0n) is 8.93. The van der Waals surface area contributed by atoms with Crippen LogP contribution in [0.5, 0.6) is 0 Å². The summed E-state index contributed by atoms with van der Waals surface area (Å²) < 4.78 is 0. The molecule has 2 rings (SSSR count). The highest BCUT2D eigenvalue weighted by Crippen LogP contribution is 2.55. The van der Waals surface area contributed by atoms with Crippen LogP contribution in [0, 0.1) is 5.41 Å². The Morgan fingerprint density at radius 1 is 1.47 bits per heavy atom. The van der Waals surface area contributed by atoms with Crippen LogP contribution >= 0.6 is 34.5 Å². The molecule has 84 valence electrons. The molecule has 0 bridgehead atoms. The maximum Gasteiger partial charge on any atom is 0.0749 e. The van der Waals surface area contributed by atoms with E-state index >= 15 is 0 Å². The lowest BCUT2D eigenvalue weighted by atomic mass is 9.79. The summed E-state index contributed by atoms with van der Waals surface area (Å²) in [4.78, 5) is 1.17. The molecule has 1 aromatic rings. The van der Waals surface area contributed by atoms with Crippen LogP contribution in [0.25, 0.3) is 0 Å². The van der Waals surface area contributed by atoms with Gasteiger partial charge in [-0.15, -0.1) is 22.9 Å². The maximum absolute atomic E-state index is 6.64. The molecule has 0 N–H and O–H groups in total. The highest BCUT2D eigenvalue weighted by molar-refractivity contribution is 7.11. The molecule has 3 heteroatoms. The third-order valence-corrected chi connectivity index (χ3v) is 5.95. The van der Waals surface area contributed by atoms with Crippen molar-refractivity contribution in [3.05, 3.63) is 21.3 Å². The summed E-state index contributed by atoms with van der Waals surface area (Å²) in [6.07, 6.45) is 6.31. The molecule has 1 fully saturated rings. The molecule has 15 heavy (non-hydrogen) atoms. The Bertz CT molecular complexity index is 326. The van der Waals surface area contributed by atoms with Crippen LogP contribution in [0.15, 0.2) is 11.4 Å². The fraction of sp³-hybridized carbons (Fsp3) is 0.667. The van der Waals surface area contributed by atoms with Crippen LogP contribution in [0.4, 0.5) is 0 Å². The van der Waals surface area contributed by atoms with E-state index in [0.717, 1.165) is 11.4 Å². The van der Waals surface area contributed by atoms with E-state index in [4.69, 9.17) is 23.2 Å². The minimum absolute atomic E-state index is 0.109. The average molecular weight is 263 g/mol. The molecule has 0 spiro atoms. The number of rotatable bonds is 3. The summed E-state index contributed by atoms with van der Waals surface area (Å²) in [6.45, 7) is 2.25. The molecule has 1 saturated carbocycles. The number of thiophene rings is 1. The maximum atomic E-state index is 6.64. The van der Waals surface area contributed by atoms with Crippen molar-refractivity contribution in [3.8, 4) is 0 Å². The van der Waals surface area contributed by atoms with E-state index in [9.17, 15) is 0 Å². The minimum atomic E-state index is 0.109. The Labute approximate surface area is 106 Å². The van der Waals surface area contributed by atoms with Crippen LogP contribution in [0.2, 0.25) is 5.02 Å². The van der Waals surface area contributed by atoms with Crippen LogP contribution in [-0.4, -0.2) is 0 Å². The highest BCUT2D eigenvalue weighted by atomic mass is 35.5. The molecule has 1 heterocycles. The van der Waals surface area contributed by atoms with Gasteiger partial charge in [-0.1, -0.05) is 31.4 Å². The molecule has 0 aromatic carbocycles. The SMILES string of the molecule is CCC1(C(Cl)c2sccc2Cl)CCCC1. The fourth-order valence-corrected chi connectivity index (χ4v) is 4.61. The third kappa shape index (κ3) is 2.07. The van der Waals surface area contributed by atoms with Crippen molar-refractivity contribution in [2.75, 3.05) is 0 Å². The first-order valence-electron chi connectivity index (χ1n) is 5.56. The summed E-state index contributed by atoms with van der Waals surface area (Å²) in [5.74, 6) is 0. The number of hydrogen-bond donors (Lipinski definition) is 0. The Balaban J connectivity index is 2.26. The van der Waals surface area contributed by atoms with Crippen LogP contribution in [0.1, 0.15) is 49.3 Å². The second kappa shape index (κ2) is 4.65. The zero-order chi connectivity index (χ0) is 10.9. The normalized spacial score (nSPS) is 21.8. The Morgan fingerprint density at radius 3 is 2.60 bits per heavy atom. The highest BCUT2D eigenvalue weighted by Gasteiger charge is 2.40. The van der Waals surface area contributed by atoms with Gasteiger partial charge in [0.05, 0.1) is 10.4 Å².